The second-order valence-corrected chi connectivity index (χ2v) is 7.37. The molecule has 0 saturated carbocycles. The third-order valence-corrected chi connectivity index (χ3v) is 5.45. The van der Waals surface area contributed by atoms with E-state index in [-0.39, 0.29) is 0 Å². The Morgan fingerprint density at radius 3 is 2.53 bits per heavy atom. The predicted octanol–water partition coefficient (Wildman–Crippen LogP) is 4.88. The first-order chi connectivity index (χ1) is 15.8. The van der Waals surface area contributed by atoms with Gasteiger partial charge in [0.2, 0.25) is 12.2 Å². The molecule has 2 heterocycles. The monoisotopic (exact) mass is 420 g/mol. The van der Waals surface area contributed by atoms with Crippen molar-refractivity contribution in [2.75, 3.05) is 5.32 Å². The van der Waals surface area contributed by atoms with Crippen molar-refractivity contribution in [1.29, 1.82) is 0 Å². The lowest BCUT2D eigenvalue weighted by Gasteiger charge is -2.14. The van der Waals surface area contributed by atoms with Gasteiger partial charge >= 0.3 is 0 Å². The fraction of sp³-hybridized carbons (Fsp3) is 0.0800. The van der Waals surface area contributed by atoms with Gasteiger partial charge in [-0.25, -0.2) is 0 Å². The standard InChI is InChI=1S/C25H20N6O/c1-2-18-13-21(22-14-19(26-15-32)9-11-24(22)27-18)17-8-10-20(16-6-4-3-5-7-16)23(12-17)25-28-30-31-29-25/h3-15H,2H2,1H3,(H,26,32)(H,28,29,30,31). The average Bonchev–Trinajstić information content (AvgIpc) is 3.39. The Labute approximate surface area is 184 Å². The van der Waals surface area contributed by atoms with E-state index in [0.29, 0.717) is 12.2 Å². The van der Waals surface area contributed by atoms with Crippen molar-refractivity contribution < 1.29 is 4.79 Å². The van der Waals surface area contributed by atoms with Crippen LogP contribution in [0.3, 0.4) is 0 Å². The summed E-state index contributed by atoms with van der Waals surface area (Å²) < 4.78 is 0. The Kier molecular flexibility index (Phi) is 5.13. The molecule has 2 N–H and O–H groups in total. The summed E-state index contributed by atoms with van der Waals surface area (Å²) in [6.07, 6.45) is 1.49. The van der Waals surface area contributed by atoms with Crippen LogP contribution in [0.4, 0.5) is 5.69 Å². The molecule has 0 unspecified atom stereocenters. The summed E-state index contributed by atoms with van der Waals surface area (Å²) in [5.74, 6) is 0.531. The van der Waals surface area contributed by atoms with Crippen molar-refractivity contribution in [3.63, 3.8) is 0 Å². The molecule has 0 aliphatic heterocycles. The van der Waals surface area contributed by atoms with Crippen molar-refractivity contribution in [3.05, 3.63) is 78.5 Å². The number of hydrogen-bond acceptors (Lipinski definition) is 5. The largest absolute Gasteiger partial charge is 0.329 e. The molecule has 2 aromatic heterocycles. The first-order valence-electron chi connectivity index (χ1n) is 10.3. The fourth-order valence-corrected chi connectivity index (χ4v) is 3.90. The van der Waals surface area contributed by atoms with E-state index in [2.05, 4.69) is 69.3 Å². The molecule has 32 heavy (non-hydrogen) atoms. The summed E-state index contributed by atoms with van der Waals surface area (Å²) >= 11 is 0. The number of nitrogens with one attached hydrogen (secondary N) is 2. The van der Waals surface area contributed by atoms with Gasteiger partial charge < -0.3 is 5.32 Å². The number of fused-ring (bicyclic) bond motifs is 1. The predicted molar refractivity (Wildman–Crippen MR) is 125 cm³/mol. The minimum atomic E-state index is 0.531. The van der Waals surface area contributed by atoms with Crippen LogP contribution in [0.15, 0.2) is 72.8 Å². The van der Waals surface area contributed by atoms with Gasteiger partial charge in [-0.05, 0) is 64.2 Å². The Balaban J connectivity index is 1.75. The first-order valence-corrected chi connectivity index (χ1v) is 10.3. The quantitative estimate of drug-likeness (QED) is 0.382. The molecule has 0 spiro atoms. The SMILES string of the molecule is CCc1cc(-c2ccc(-c3ccccc3)c(-c3nn[nH]n3)c2)c2cc(NC=O)ccc2n1. The number of tetrazole rings is 1. The number of nitrogens with zero attached hydrogens (tertiary/aromatic N) is 4. The molecule has 0 aliphatic rings. The highest BCUT2D eigenvalue weighted by molar-refractivity contribution is 5.99. The van der Waals surface area contributed by atoms with Gasteiger partial charge in [-0.3, -0.25) is 9.78 Å². The van der Waals surface area contributed by atoms with Gasteiger partial charge in [0.15, 0.2) is 0 Å². The van der Waals surface area contributed by atoms with Crippen molar-refractivity contribution in [2.45, 2.75) is 13.3 Å². The van der Waals surface area contributed by atoms with Crippen molar-refractivity contribution >= 4 is 23.0 Å². The number of carbonyl (C=O) groups excluding carboxylic acids is 1. The summed E-state index contributed by atoms with van der Waals surface area (Å²) in [5, 5.41) is 18.5. The van der Waals surface area contributed by atoms with E-state index >= 15 is 0 Å². The molecule has 7 heteroatoms. The van der Waals surface area contributed by atoms with Crippen LogP contribution in [-0.2, 0) is 11.2 Å². The van der Waals surface area contributed by atoms with Gasteiger partial charge in [-0.15, -0.1) is 10.2 Å². The Hall–Kier alpha value is -4.39. The minimum Gasteiger partial charge on any atom is -0.329 e. The third-order valence-electron chi connectivity index (χ3n) is 5.45. The number of pyridine rings is 1. The van der Waals surface area contributed by atoms with E-state index in [1.165, 1.54) is 0 Å². The van der Waals surface area contributed by atoms with E-state index in [0.717, 1.165) is 56.5 Å². The van der Waals surface area contributed by atoms with Crippen LogP contribution in [-0.4, -0.2) is 32.0 Å². The molecular weight excluding hydrogens is 400 g/mol. The maximum Gasteiger partial charge on any atom is 0.211 e. The van der Waals surface area contributed by atoms with Crippen LogP contribution in [0.2, 0.25) is 0 Å². The lowest BCUT2D eigenvalue weighted by atomic mass is 9.92. The molecule has 7 nitrogen and oxygen atoms in total. The summed E-state index contributed by atoms with van der Waals surface area (Å²) in [7, 11) is 0. The van der Waals surface area contributed by atoms with Crippen LogP contribution >= 0.6 is 0 Å². The highest BCUT2D eigenvalue weighted by Crippen LogP contribution is 2.37. The first kappa shape index (κ1) is 19.6. The molecule has 0 radical (unpaired) electrons. The van der Waals surface area contributed by atoms with Crippen molar-refractivity contribution in [2.24, 2.45) is 0 Å². The van der Waals surface area contributed by atoms with Gasteiger partial charge in [0, 0.05) is 22.3 Å². The number of aryl methyl sites for hydroxylation is 1. The number of anilines is 1. The summed E-state index contributed by atoms with van der Waals surface area (Å²) in [5.41, 5.74) is 7.62. The Morgan fingerprint density at radius 2 is 1.78 bits per heavy atom. The number of aromatic amines is 1. The highest BCUT2D eigenvalue weighted by Gasteiger charge is 2.15. The zero-order valence-corrected chi connectivity index (χ0v) is 17.4. The zero-order chi connectivity index (χ0) is 21.9. The molecule has 1 amide bonds. The zero-order valence-electron chi connectivity index (χ0n) is 17.4. The molecule has 3 aromatic carbocycles. The number of benzene rings is 3. The van der Waals surface area contributed by atoms with E-state index in [1.807, 2.05) is 36.4 Å². The number of aromatic nitrogens is 5. The van der Waals surface area contributed by atoms with Crippen LogP contribution in [0.1, 0.15) is 12.6 Å². The van der Waals surface area contributed by atoms with Crippen LogP contribution in [0, 0.1) is 0 Å². The second kappa shape index (κ2) is 8.39. The smallest absolute Gasteiger partial charge is 0.211 e. The van der Waals surface area contributed by atoms with Gasteiger partial charge in [0.25, 0.3) is 0 Å². The molecular formula is C25H20N6O. The number of hydrogen-bond donors (Lipinski definition) is 2. The summed E-state index contributed by atoms with van der Waals surface area (Å²) in [4.78, 5) is 15.7. The van der Waals surface area contributed by atoms with Crippen molar-refractivity contribution in [1.82, 2.24) is 25.6 Å². The number of amides is 1. The van der Waals surface area contributed by atoms with Gasteiger partial charge in [-0.1, -0.05) is 49.4 Å². The molecule has 0 bridgehead atoms. The van der Waals surface area contributed by atoms with E-state index in [9.17, 15) is 4.79 Å². The molecule has 156 valence electrons. The maximum absolute atomic E-state index is 11.0. The molecule has 0 saturated heterocycles. The third kappa shape index (κ3) is 3.60. The van der Waals surface area contributed by atoms with Crippen molar-refractivity contribution in [3.8, 4) is 33.6 Å². The highest BCUT2D eigenvalue weighted by atomic mass is 16.1. The maximum atomic E-state index is 11.0. The molecule has 0 atom stereocenters. The number of carbonyl (C=O) groups is 1. The Bertz CT molecular complexity index is 1400. The van der Waals surface area contributed by atoms with Crippen LogP contribution in [0.25, 0.3) is 44.5 Å². The fourth-order valence-electron chi connectivity index (χ4n) is 3.90. The second-order valence-electron chi connectivity index (χ2n) is 7.37. The average molecular weight is 420 g/mol. The van der Waals surface area contributed by atoms with Gasteiger partial charge in [0.05, 0.1) is 5.52 Å². The van der Waals surface area contributed by atoms with Gasteiger partial charge in [0.1, 0.15) is 0 Å². The van der Waals surface area contributed by atoms with Crippen LogP contribution < -0.4 is 5.32 Å². The summed E-state index contributed by atoms with van der Waals surface area (Å²) in [6.45, 7) is 2.09. The normalized spacial score (nSPS) is 10.9. The molecule has 0 aliphatic carbocycles. The lowest BCUT2D eigenvalue weighted by molar-refractivity contribution is -0.105. The van der Waals surface area contributed by atoms with E-state index in [1.54, 1.807) is 0 Å². The molecule has 5 aromatic rings. The molecule has 5 rings (SSSR count). The molecule has 0 fully saturated rings. The van der Waals surface area contributed by atoms with Gasteiger partial charge in [-0.2, -0.15) is 5.21 Å². The number of H-pyrrole nitrogens is 1. The van der Waals surface area contributed by atoms with Crippen LogP contribution in [0.5, 0.6) is 0 Å². The van der Waals surface area contributed by atoms with E-state index in [4.69, 9.17) is 4.98 Å². The Morgan fingerprint density at radius 1 is 0.906 bits per heavy atom. The lowest BCUT2D eigenvalue weighted by Crippen LogP contribution is -1.96. The van der Waals surface area contributed by atoms with E-state index < -0.39 is 0 Å². The summed E-state index contributed by atoms with van der Waals surface area (Å²) in [6, 6.07) is 24.2. The number of rotatable bonds is 6. The topological polar surface area (TPSA) is 96.5 Å². The minimum absolute atomic E-state index is 0.531.